The van der Waals surface area contributed by atoms with Crippen molar-refractivity contribution in [3.05, 3.63) is 254 Å². The third-order valence-corrected chi connectivity index (χ3v) is 13.4. The lowest BCUT2D eigenvalue weighted by atomic mass is 9.99. The van der Waals surface area contributed by atoms with E-state index in [-0.39, 0.29) is 0 Å². The zero-order valence-corrected chi connectivity index (χ0v) is 38.1. The van der Waals surface area contributed by atoms with E-state index in [1.807, 2.05) is 0 Å². The average Bonchev–Trinajstić information content (AvgIpc) is 3.74. The Labute approximate surface area is 397 Å². The van der Waals surface area contributed by atoms with Crippen molar-refractivity contribution in [1.82, 2.24) is 0 Å². The Bertz CT molecular complexity index is 3750. The maximum Gasteiger partial charge on any atom is 0.136 e. The first-order valence-corrected chi connectivity index (χ1v) is 23.5. The quantitative estimate of drug-likeness (QED) is 0.136. The minimum atomic E-state index is 0.446. The molecule has 0 N–H and O–H groups in total. The van der Waals surface area contributed by atoms with Crippen molar-refractivity contribution in [3.8, 4) is 33.4 Å². The molecule has 0 amide bonds. The summed E-state index contributed by atoms with van der Waals surface area (Å²) in [5, 5.41) is 6.77. The Morgan fingerprint density at radius 3 is 1.15 bits per heavy atom. The van der Waals surface area contributed by atoms with Gasteiger partial charge in [-0.2, -0.15) is 0 Å². The van der Waals surface area contributed by atoms with Crippen LogP contribution in [-0.4, -0.2) is 0 Å². The Morgan fingerprint density at radius 2 is 0.691 bits per heavy atom. The summed E-state index contributed by atoms with van der Waals surface area (Å²) < 4.78 is 6.83. The summed E-state index contributed by atoms with van der Waals surface area (Å²) in [6.45, 7) is 4.49. The van der Waals surface area contributed by atoms with Gasteiger partial charge in [0, 0.05) is 44.6 Å². The number of fused-ring (bicyclic) bond motifs is 5. The molecule has 12 aromatic rings. The first-order chi connectivity index (χ1) is 33.5. The lowest BCUT2D eigenvalue weighted by Gasteiger charge is -2.28. The fraction of sp³-hybridized carbons (Fsp3) is 0.0462. The van der Waals surface area contributed by atoms with Crippen molar-refractivity contribution in [2.75, 3.05) is 9.80 Å². The van der Waals surface area contributed by atoms with Crippen LogP contribution in [0.15, 0.2) is 253 Å². The van der Waals surface area contributed by atoms with Crippen LogP contribution in [0.3, 0.4) is 0 Å². The minimum absolute atomic E-state index is 0.446. The van der Waals surface area contributed by atoms with Gasteiger partial charge in [0.05, 0.1) is 11.4 Å². The van der Waals surface area contributed by atoms with E-state index in [1.54, 1.807) is 0 Å². The molecule has 1 aromatic heterocycles. The van der Waals surface area contributed by atoms with E-state index in [0.29, 0.717) is 5.92 Å². The van der Waals surface area contributed by atoms with Crippen molar-refractivity contribution >= 4 is 77.6 Å². The van der Waals surface area contributed by atoms with E-state index in [4.69, 9.17) is 4.42 Å². The van der Waals surface area contributed by atoms with E-state index in [1.165, 1.54) is 33.4 Å². The smallest absolute Gasteiger partial charge is 0.136 e. The van der Waals surface area contributed by atoms with Crippen LogP contribution in [0, 0.1) is 0 Å². The molecule has 0 saturated heterocycles. The van der Waals surface area contributed by atoms with Crippen LogP contribution in [0.1, 0.15) is 25.3 Å². The van der Waals surface area contributed by atoms with Crippen molar-refractivity contribution < 1.29 is 4.42 Å². The lowest BCUT2D eigenvalue weighted by Crippen LogP contribution is -2.11. The standard InChI is InChI=1S/C65H48N2O/c1-44(2)45-26-32-54(33-27-45)66(62-24-14-12-22-58(62)48-18-8-4-9-19-48)56-36-30-50-40-60-61-41-51-31-37-57(39-53(51)43-65(61)68-64(60)42-52(50)38-56)67(55-34-28-47(29-35-55)46-16-6-3-7-17-46)63-25-15-13-23-59(63)49-20-10-5-11-21-49/h3-44H,1-2H3. The van der Waals surface area contributed by atoms with Crippen LogP contribution in [0.25, 0.3) is 76.9 Å². The molecule has 3 nitrogen and oxygen atoms in total. The van der Waals surface area contributed by atoms with Gasteiger partial charge >= 0.3 is 0 Å². The molecule has 0 fully saturated rings. The van der Waals surface area contributed by atoms with Gasteiger partial charge in [-0.25, -0.2) is 0 Å². The van der Waals surface area contributed by atoms with Crippen molar-refractivity contribution in [1.29, 1.82) is 0 Å². The maximum atomic E-state index is 6.83. The molecule has 0 atom stereocenters. The molecule has 324 valence electrons. The van der Waals surface area contributed by atoms with Crippen LogP contribution >= 0.6 is 0 Å². The average molecular weight is 873 g/mol. The highest BCUT2D eigenvalue weighted by atomic mass is 16.3. The summed E-state index contributed by atoms with van der Waals surface area (Å²) in [7, 11) is 0. The van der Waals surface area contributed by atoms with Gasteiger partial charge in [-0.1, -0.05) is 178 Å². The Balaban J connectivity index is 0.965. The van der Waals surface area contributed by atoms with E-state index in [0.717, 1.165) is 83.2 Å². The molecule has 0 saturated carbocycles. The molecule has 12 rings (SSSR count). The van der Waals surface area contributed by atoms with Gasteiger partial charge < -0.3 is 14.2 Å². The molecule has 0 bridgehead atoms. The highest BCUT2D eigenvalue weighted by Gasteiger charge is 2.21. The third-order valence-electron chi connectivity index (χ3n) is 13.4. The number of nitrogens with zero attached hydrogens (tertiary/aromatic N) is 2. The summed E-state index contributed by atoms with van der Waals surface area (Å²) in [4.78, 5) is 4.77. The normalized spacial score (nSPS) is 11.5. The van der Waals surface area contributed by atoms with E-state index in [9.17, 15) is 0 Å². The molecule has 3 heteroatoms. The number of para-hydroxylation sites is 2. The molecule has 0 radical (unpaired) electrons. The Kier molecular flexibility index (Phi) is 10.4. The first-order valence-electron chi connectivity index (χ1n) is 23.5. The SMILES string of the molecule is CC(C)c1ccc(N(c2ccc3cc4c(cc3c2)oc2cc3cc(N(c5ccc(-c6ccccc6)cc5)c5ccccc5-c5ccccc5)ccc3cc24)c2ccccc2-c2ccccc2)cc1. The maximum absolute atomic E-state index is 6.83. The summed E-state index contributed by atoms with van der Waals surface area (Å²) in [6, 6.07) is 89.8. The number of hydrogen-bond acceptors (Lipinski definition) is 3. The number of hydrogen-bond donors (Lipinski definition) is 0. The predicted molar refractivity (Wildman–Crippen MR) is 288 cm³/mol. The second kappa shape index (κ2) is 17.3. The van der Waals surface area contributed by atoms with E-state index in [2.05, 4.69) is 272 Å². The topological polar surface area (TPSA) is 19.6 Å². The Morgan fingerprint density at radius 1 is 0.309 bits per heavy atom. The molecule has 68 heavy (non-hydrogen) atoms. The fourth-order valence-electron chi connectivity index (χ4n) is 9.87. The number of rotatable bonds is 10. The molecule has 0 unspecified atom stereocenters. The summed E-state index contributed by atoms with van der Waals surface area (Å²) >= 11 is 0. The highest BCUT2D eigenvalue weighted by Crippen LogP contribution is 2.45. The number of benzene rings is 11. The van der Waals surface area contributed by atoms with Crippen LogP contribution in [0.5, 0.6) is 0 Å². The second-order valence-electron chi connectivity index (χ2n) is 18.0. The van der Waals surface area contributed by atoms with E-state index < -0.39 is 0 Å². The zero-order chi connectivity index (χ0) is 45.6. The minimum Gasteiger partial charge on any atom is -0.456 e. The van der Waals surface area contributed by atoms with Gasteiger partial charge in [0.1, 0.15) is 11.2 Å². The third kappa shape index (κ3) is 7.54. The summed E-state index contributed by atoms with van der Waals surface area (Å²) in [5.74, 6) is 0.446. The van der Waals surface area contributed by atoms with Gasteiger partial charge in [-0.05, 0) is 140 Å². The summed E-state index contributed by atoms with van der Waals surface area (Å²) in [5.41, 5.74) is 16.7. The zero-order valence-electron chi connectivity index (χ0n) is 38.1. The molecule has 1 heterocycles. The molecule has 0 spiro atoms. The molecular formula is C65H48N2O. The molecule has 11 aromatic carbocycles. The molecule has 0 aliphatic carbocycles. The van der Waals surface area contributed by atoms with Crippen molar-refractivity contribution in [2.45, 2.75) is 19.8 Å². The van der Waals surface area contributed by atoms with Crippen molar-refractivity contribution in [2.24, 2.45) is 0 Å². The monoisotopic (exact) mass is 872 g/mol. The van der Waals surface area contributed by atoms with Gasteiger partial charge in [0.15, 0.2) is 0 Å². The fourth-order valence-corrected chi connectivity index (χ4v) is 9.87. The molecule has 0 aliphatic heterocycles. The van der Waals surface area contributed by atoms with Gasteiger partial charge in [-0.3, -0.25) is 0 Å². The Hall–Kier alpha value is -8.66. The van der Waals surface area contributed by atoms with Crippen LogP contribution in [-0.2, 0) is 0 Å². The molecular weight excluding hydrogens is 825 g/mol. The lowest BCUT2D eigenvalue weighted by molar-refractivity contribution is 0.670. The van der Waals surface area contributed by atoms with E-state index >= 15 is 0 Å². The van der Waals surface area contributed by atoms with Crippen LogP contribution < -0.4 is 9.80 Å². The summed E-state index contributed by atoms with van der Waals surface area (Å²) in [6.07, 6.45) is 0. The van der Waals surface area contributed by atoms with Crippen LogP contribution in [0.2, 0.25) is 0 Å². The highest BCUT2D eigenvalue weighted by molar-refractivity contribution is 6.14. The van der Waals surface area contributed by atoms with Gasteiger partial charge in [0.2, 0.25) is 0 Å². The van der Waals surface area contributed by atoms with Crippen molar-refractivity contribution in [3.63, 3.8) is 0 Å². The molecule has 0 aliphatic rings. The first kappa shape index (κ1) is 40.8. The second-order valence-corrected chi connectivity index (χ2v) is 18.0. The largest absolute Gasteiger partial charge is 0.456 e. The number of furan rings is 1. The van der Waals surface area contributed by atoms with Gasteiger partial charge in [0.25, 0.3) is 0 Å². The number of anilines is 6. The van der Waals surface area contributed by atoms with Gasteiger partial charge in [-0.15, -0.1) is 0 Å². The predicted octanol–water partition coefficient (Wildman–Crippen LogP) is 19.0. The van der Waals surface area contributed by atoms with Crippen LogP contribution in [0.4, 0.5) is 34.1 Å².